The van der Waals surface area contributed by atoms with Crippen molar-refractivity contribution in [3.05, 3.63) is 135 Å². The van der Waals surface area contributed by atoms with Crippen LogP contribution in [-0.4, -0.2) is 43.1 Å². The van der Waals surface area contributed by atoms with Gasteiger partial charge in [0.15, 0.2) is 11.0 Å². The third-order valence-corrected chi connectivity index (χ3v) is 9.18. The van der Waals surface area contributed by atoms with Crippen molar-refractivity contribution in [2.75, 3.05) is 5.75 Å². The van der Waals surface area contributed by atoms with E-state index in [2.05, 4.69) is 15.5 Å². The Kier molecular flexibility index (Phi) is 9.41. The quantitative estimate of drug-likeness (QED) is 0.172. The summed E-state index contributed by atoms with van der Waals surface area (Å²) in [6.45, 7) is 0.584. The van der Waals surface area contributed by atoms with E-state index < -0.39 is 11.7 Å². The highest BCUT2D eigenvalue weighted by atomic mass is 32.2. The molecule has 1 N–H and O–H groups in total. The molecule has 1 atom stereocenters. The largest absolute Gasteiger partial charge is 0.345 e. The number of nitrogens with one attached hydrogen (secondary N) is 1. The summed E-state index contributed by atoms with van der Waals surface area (Å²) in [5.41, 5.74) is 2.92. The minimum Gasteiger partial charge on any atom is -0.345 e. The normalized spacial score (nSPS) is 14.4. The molecule has 0 spiro atoms. The first kappa shape index (κ1) is 30.4. The van der Waals surface area contributed by atoms with Crippen molar-refractivity contribution in [2.45, 2.75) is 37.1 Å². The summed E-state index contributed by atoms with van der Waals surface area (Å²) < 4.78 is 29.2. The standard InChI is InChI=1S/C33H28F2N6O2S2/c34-25-13-11-23(12-14-25)28-19-27(29-10-5-17-44-29)39-41(28)31(42)21-45-33-38-37-30(40(33)16-15-22-6-2-1-3-7-22)20-36-32(43)24-8-4-9-26(35)18-24/h1-14,17-18,28H,15-16,19-21H2,(H,36,43). The van der Waals surface area contributed by atoms with Crippen LogP contribution in [0.1, 0.15) is 44.6 Å². The van der Waals surface area contributed by atoms with Crippen LogP contribution in [0.25, 0.3) is 0 Å². The van der Waals surface area contributed by atoms with Crippen molar-refractivity contribution in [1.82, 2.24) is 25.1 Å². The fourth-order valence-corrected chi connectivity index (χ4v) is 6.58. The first-order valence-electron chi connectivity index (χ1n) is 14.3. The third kappa shape index (κ3) is 7.35. The van der Waals surface area contributed by atoms with Crippen molar-refractivity contribution in [2.24, 2.45) is 5.10 Å². The zero-order valence-corrected chi connectivity index (χ0v) is 25.6. The van der Waals surface area contributed by atoms with Gasteiger partial charge in [0, 0.05) is 18.5 Å². The number of hydrazone groups is 1. The Hall–Kier alpha value is -4.68. The molecule has 2 amide bonds. The van der Waals surface area contributed by atoms with Gasteiger partial charge in [-0.15, -0.1) is 21.5 Å². The summed E-state index contributed by atoms with van der Waals surface area (Å²) in [6.07, 6.45) is 1.20. The number of halogens is 2. The van der Waals surface area contributed by atoms with Crippen LogP contribution in [0.4, 0.5) is 8.78 Å². The number of aryl methyl sites for hydroxylation is 1. The molecule has 0 bridgehead atoms. The number of hydrogen-bond donors (Lipinski definition) is 1. The van der Waals surface area contributed by atoms with E-state index in [0.29, 0.717) is 30.4 Å². The monoisotopic (exact) mass is 642 g/mol. The molecule has 12 heteroatoms. The van der Waals surface area contributed by atoms with E-state index in [1.165, 1.54) is 53.2 Å². The smallest absolute Gasteiger partial charge is 0.253 e. The van der Waals surface area contributed by atoms with E-state index in [4.69, 9.17) is 5.10 Å². The number of aromatic nitrogens is 3. The van der Waals surface area contributed by atoms with E-state index in [1.54, 1.807) is 23.5 Å². The highest BCUT2D eigenvalue weighted by molar-refractivity contribution is 7.99. The Bertz CT molecular complexity index is 1810. The molecule has 45 heavy (non-hydrogen) atoms. The second-order valence-electron chi connectivity index (χ2n) is 10.3. The lowest BCUT2D eigenvalue weighted by Crippen LogP contribution is -2.28. The number of amides is 2. The minimum absolute atomic E-state index is 0.0397. The van der Waals surface area contributed by atoms with E-state index in [0.717, 1.165) is 21.7 Å². The number of thiophene rings is 1. The molecule has 0 fully saturated rings. The van der Waals surface area contributed by atoms with Crippen molar-refractivity contribution in [3.63, 3.8) is 0 Å². The maximum Gasteiger partial charge on any atom is 0.253 e. The van der Waals surface area contributed by atoms with Crippen molar-refractivity contribution in [3.8, 4) is 0 Å². The van der Waals surface area contributed by atoms with E-state index in [-0.39, 0.29) is 35.6 Å². The summed E-state index contributed by atoms with van der Waals surface area (Å²) in [5, 5.41) is 20.1. The van der Waals surface area contributed by atoms with Crippen LogP contribution in [0.2, 0.25) is 0 Å². The van der Waals surface area contributed by atoms with Gasteiger partial charge in [-0.3, -0.25) is 9.59 Å². The van der Waals surface area contributed by atoms with Gasteiger partial charge in [0.25, 0.3) is 11.8 Å². The zero-order chi connectivity index (χ0) is 31.2. The average Bonchev–Trinajstić information content (AvgIpc) is 3.83. The Morgan fingerprint density at radius 2 is 1.76 bits per heavy atom. The molecule has 228 valence electrons. The van der Waals surface area contributed by atoms with Crippen LogP contribution in [0.3, 0.4) is 0 Å². The van der Waals surface area contributed by atoms with Crippen molar-refractivity contribution < 1.29 is 18.4 Å². The number of rotatable bonds is 11. The summed E-state index contributed by atoms with van der Waals surface area (Å²) in [4.78, 5) is 27.3. The van der Waals surface area contributed by atoms with Crippen LogP contribution >= 0.6 is 23.1 Å². The summed E-state index contributed by atoms with van der Waals surface area (Å²) in [6, 6.07) is 25.1. The molecule has 1 aliphatic rings. The van der Waals surface area contributed by atoms with Crippen LogP contribution in [0, 0.1) is 11.6 Å². The fourth-order valence-electron chi connectivity index (χ4n) is 5.03. The van der Waals surface area contributed by atoms with Crippen molar-refractivity contribution >= 4 is 40.6 Å². The number of hydrogen-bond acceptors (Lipinski definition) is 7. The van der Waals surface area contributed by atoms with Gasteiger partial charge in [-0.1, -0.05) is 66.4 Å². The molecule has 8 nitrogen and oxygen atoms in total. The highest BCUT2D eigenvalue weighted by Gasteiger charge is 2.33. The molecular formula is C33H28F2N6O2S2. The number of benzene rings is 3. The maximum atomic E-state index is 13.7. The van der Waals surface area contributed by atoms with Crippen LogP contribution in [0.5, 0.6) is 0 Å². The zero-order valence-electron chi connectivity index (χ0n) is 24.0. The number of carbonyl (C=O) groups is 2. The summed E-state index contributed by atoms with van der Waals surface area (Å²) in [7, 11) is 0. The molecule has 3 heterocycles. The van der Waals surface area contributed by atoms with Gasteiger partial charge in [-0.2, -0.15) is 5.10 Å². The van der Waals surface area contributed by atoms with Gasteiger partial charge in [-0.25, -0.2) is 13.8 Å². The molecule has 5 aromatic rings. The van der Waals surface area contributed by atoms with Crippen LogP contribution in [-0.2, 0) is 24.3 Å². The number of thioether (sulfide) groups is 1. The highest BCUT2D eigenvalue weighted by Crippen LogP contribution is 2.34. The first-order chi connectivity index (χ1) is 21.9. The van der Waals surface area contributed by atoms with Crippen molar-refractivity contribution in [1.29, 1.82) is 0 Å². The number of carbonyl (C=O) groups excluding carboxylic acids is 2. The van der Waals surface area contributed by atoms with Gasteiger partial charge < -0.3 is 9.88 Å². The molecule has 0 saturated carbocycles. The Morgan fingerprint density at radius 3 is 2.51 bits per heavy atom. The molecule has 3 aromatic carbocycles. The second-order valence-corrected chi connectivity index (χ2v) is 12.2. The summed E-state index contributed by atoms with van der Waals surface area (Å²) in [5.74, 6) is -0.950. The van der Waals surface area contributed by atoms with Gasteiger partial charge in [0.1, 0.15) is 11.6 Å². The lowest BCUT2D eigenvalue weighted by atomic mass is 10.0. The Labute approximate surface area is 266 Å². The fraction of sp³-hybridized carbons (Fsp3) is 0.182. The predicted octanol–water partition coefficient (Wildman–Crippen LogP) is 6.26. The van der Waals surface area contributed by atoms with Gasteiger partial charge in [0.05, 0.1) is 28.9 Å². The predicted molar refractivity (Wildman–Crippen MR) is 170 cm³/mol. The molecule has 0 aliphatic carbocycles. The van der Waals surface area contributed by atoms with Crippen LogP contribution in [0.15, 0.2) is 107 Å². The van der Waals surface area contributed by atoms with E-state index in [9.17, 15) is 18.4 Å². The summed E-state index contributed by atoms with van der Waals surface area (Å²) >= 11 is 2.79. The number of nitrogens with zero attached hydrogens (tertiary/aromatic N) is 5. The molecular weight excluding hydrogens is 615 g/mol. The van der Waals surface area contributed by atoms with E-state index >= 15 is 0 Å². The topological polar surface area (TPSA) is 92.5 Å². The molecule has 6 rings (SSSR count). The SMILES string of the molecule is O=C(NCc1nnc(SCC(=O)N2N=C(c3cccs3)CC2c2ccc(F)cc2)n1CCc1ccccc1)c1cccc(F)c1. The third-order valence-electron chi connectivity index (χ3n) is 7.31. The molecule has 0 radical (unpaired) electrons. The Morgan fingerprint density at radius 1 is 0.933 bits per heavy atom. The van der Waals surface area contributed by atoms with E-state index in [1.807, 2.05) is 52.4 Å². The minimum atomic E-state index is -0.497. The van der Waals surface area contributed by atoms with Gasteiger partial charge >= 0.3 is 0 Å². The van der Waals surface area contributed by atoms with Crippen LogP contribution < -0.4 is 5.32 Å². The molecule has 2 aromatic heterocycles. The molecule has 0 saturated heterocycles. The van der Waals surface area contributed by atoms with Gasteiger partial charge in [-0.05, 0) is 59.3 Å². The first-order valence-corrected chi connectivity index (χ1v) is 16.1. The second kappa shape index (κ2) is 14.0. The maximum absolute atomic E-state index is 13.7. The average molecular weight is 643 g/mol. The molecule has 1 unspecified atom stereocenters. The lowest BCUT2D eigenvalue weighted by molar-refractivity contribution is -0.130. The lowest BCUT2D eigenvalue weighted by Gasteiger charge is -2.22. The van der Waals surface area contributed by atoms with Gasteiger partial charge in [0.2, 0.25) is 0 Å². The molecule has 1 aliphatic heterocycles. The Balaban J connectivity index is 1.19.